The van der Waals surface area contributed by atoms with Gasteiger partial charge in [0.15, 0.2) is 0 Å². The Hall–Kier alpha value is -4.59. The van der Waals surface area contributed by atoms with Gasteiger partial charge in [0.1, 0.15) is 6.04 Å². The summed E-state index contributed by atoms with van der Waals surface area (Å²) < 4.78 is 5.52. The number of benzene rings is 3. The normalized spacial score (nSPS) is 19.4. The summed E-state index contributed by atoms with van der Waals surface area (Å²) in [6.07, 6.45) is 4.47. The maximum absolute atomic E-state index is 14.6. The minimum Gasteiger partial charge on any atom is -0.449 e. The molecule has 8 nitrogen and oxygen atoms in total. The number of aromatic nitrogens is 1. The molecular formula is C33H34N4O4. The van der Waals surface area contributed by atoms with E-state index in [0.717, 1.165) is 52.5 Å². The third kappa shape index (κ3) is 5.42. The Morgan fingerprint density at radius 3 is 2.59 bits per heavy atom. The summed E-state index contributed by atoms with van der Waals surface area (Å²) in [7, 11) is 0. The number of fused-ring (bicyclic) bond motifs is 8. The lowest BCUT2D eigenvalue weighted by atomic mass is 9.91. The van der Waals surface area contributed by atoms with Gasteiger partial charge in [0, 0.05) is 35.9 Å². The minimum atomic E-state index is -0.658. The largest absolute Gasteiger partial charge is 0.449 e. The van der Waals surface area contributed by atoms with E-state index in [1.54, 1.807) is 6.20 Å². The Balaban J connectivity index is 1.46. The van der Waals surface area contributed by atoms with Crippen LogP contribution in [0.25, 0.3) is 10.8 Å². The second kappa shape index (κ2) is 11.1. The molecule has 0 saturated carbocycles. The lowest BCUT2D eigenvalue weighted by Gasteiger charge is -2.39. The molecule has 210 valence electrons. The van der Waals surface area contributed by atoms with Crippen LogP contribution in [-0.4, -0.2) is 35.0 Å². The van der Waals surface area contributed by atoms with Crippen LogP contribution in [0.5, 0.6) is 0 Å². The fourth-order valence-corrected chi connectivity index (χ4v) is 6.25. The molecule has 1 fully saturated rings. The molecule has 3 aliphatic rings. The van der Waals surface area contributed by atoms with Gasteiger partial charge in [0.2, 0.25) is 5.91 Å². The highest BCUT2D eigenvalue weighted by molar-refractivity contribution is 5.89. The summed E-state index contributed by atoms with van der Waals surface area (Å²) in [4.78, 5) is 44.4. The van der Waals surface area contributed by atoms with E-state index < -0.39 is 12.1 Å². The number of amides is 2. The number of piperidine rings is 1. The maximum Gasteiger partial charge on any atom is 0.411 e. The van der Waals surface area contributed by atoms with E-state index in [1.165, 1.54) is 0 Å². The molecule has 8 heteroatoms. The van der Waals surface area contributed by atoms with Gasteiger partial charge in [0.25, 0.3) is 5.56 Å². The number of anilines is 2. The number of aryl methyl sites for hydroxylation is 2. The van der Waals surface area contributed by atoms with Gasteiger partial charge in [-0.05, 0) is 96.6 Å². The van der Waals surface area contributed by atoms with Gasteiger partial charge >= 0.3 is 6.09 Å². The predicted octanol–water partition coefficient (Wildman–Crippen LogP) is 6.16. The number of rotatable bonds is 2. The second-order valence-electron chi connectivity index (χ2n) is 11.0. The van der Waals surface area contributed by atoms with E-state index in [4.69, 9.17) is 4.74 Å². The molecule has 3 aliphatic heterocycles. The summed E-state index contributed by atoms with van der Waals surface area (Å²) in [5.41, 5.74) is 6.17. The number of carbonyl (C=O) groups is 2. The van der Waals surface area contributed by atoms with Crippen LogP contribution in [0.3, 0.4) is 0 Å². The molecule has 41 heavy (non-hydrogen) atoms. The van der Waals surface area contributed by atoms with Crippen molar-refractivity contribution in [2.45, 2.75) is 51.6 Å². The van der Waals surface area contributed by atoms with E-state index in [1.807, 2.05) is 67.3 Å². The average molecular weight is 551 g/mol. The molecular weight excluding hydrogens is 516 g/mol. The van der Waals surface area contributed by atoms with Crippen molar-refractivity contribution >= 4 is 34.1 Å². The molecule has 0 radical (unpaired) electrons. The molecule has 4 aromatic rings. The zero-order chi connectivity index (χ0) is 28.5. The topological polar surface area (TPSA) is 104 Å². The average Bonchev–Trinajstić information content (AvgIpc) is 2.97. The molecule has 1 aromatic heterocycles. The summed E-state index contributed by atoms with van der Waals surface area (Å²) in [5, 5.41) is 7.76. The number of carbonyl (C=O) groups excluding carboxylic acids is 2. The van der Waals surface area contributed by atoms with Gasteiger partial charge in [-0.1, -0.05) is 30.3 Å². The van der Waals surface area contributed by atoms with Crippen molar-refractivity contribution in [2.24, 2.45) is 0 Å². The Morgan fingerprint density at radius 1 is 0.927 bits per heavy atom. The number of hydrogen-bond donors (Lipinski definition) is 3. The van der Waals surface area contributed by atoms with Crippen molar-refractivity contribution in [1.82, 2.24) is 9.88 Å². The Labute approximate surface area is 238 Å². The summed E-state index contributed by atoms with van der Waals surface area (Å²) >= 11 is 0. The van der Waals surface area contributed by atoms with Gasteiger partial charge in [-0.25, -0.2) is 4.79 Å². The molecule has 3 aromatic carbocycles. The molecule has 0 spiro atoms. The zero-order valence-corrected chi connectivity index (χ0v) is 23.3. The molecule has 1 saturated heterocycles. The quantitative estimate of drug-likeness (QED) is 0.278. The number of nitrogens with zero attached hydrogens (tertiary/aromatic N) is 1. The molecule has 0 aliphatic carbocycles. The van der Waals surface area contributed by atoms with Crippen molar-refractivity contribution < 1.29 is 14.3 Å². The van der Waals surface area contributed by atoms with Crippen molar-refractivity contribution in [1.29, 1.82) is 0 Å². The van der Waals surface area contributed by atoms with Crippen LogP contribution in [0, 0.1) is 13.8 Å². The van der Waals surface area contributed by atoms with Gasteiger partial charge < -0.3 is 19.9 Å². The number of hydrogen-bond acceptors (Lipinski definition) is 5. The van der Waals surface area contributed by atoms with Crippen LogP contribution in [0.1, 0.15) is 59.2 Å². The Morgan fingerprint density at radius 2 is 1.76 bits per heavy atom. The predicted molar refractivity (Wildman–Crippen MR) is 160 cm³/mol. The Kier molecular flexibility index (Phi) is 7.22. The smallest absolute Gasteiger partial charge is 0.411 e. The van der Waals surface area contributed by atoms with Crippen molar-refractivity contribution in [2.75, 3.05) is 23.8 Å². The van der Waals surface area contributed by atoms with E-state index >= 15 is 0 Å². The highest BCUT2D eigenvalue weighted by atomic mass is 16.5. The second-order valence-corrected chi connectivity index (χ2v) is 11.0. The van der Waals surface area contributed by atoms with E-state index in [9.17, 15) is 14.4 Å². The van der Waals surface area contributed by atoms with Gasteiger partial charge in [-0.2, -0.15) is 0 Å². The first-order chi connectivity index (χ1) is 19.9. The molecule has 4 heterocycles. The molecule has 4 bridgehead atoms. The third-order valence-electron chi connectivity index (χ3n) is 8.27. The molecule has 3 N–H and O–H groups in total. The summed E-state index contributed by atoms with van der Waals surface area (Å²) in [6.45, 7) is 4.94. The Bertz CT molecular complexity index is 1670. The molecule has 7 rings (SSSR count). The van der Waals surface area contributed by atoms with Crippen molar-refractivity contribution in [3.05, 3.63) is 105 Å². The van der Waals surface area contributed by atoms with Gasteiger partial charge in [-0.15, -0.1) is 0 Å². The monoisotopic (exact) mass is 550 g/mol. The number of pyridine rings is 1. The number of nitrogens with one attached hydrogen (secondary N) is 3. The first-order valence-corrected chi connectivity index (χ1v) is 14.2. The van der Waals surface area contributed by atoms with E-state index in [0.29, 0.717) is 29.7 Å². The van der Waals surface area contributed by atoms with E-state index in [2.05, 4.69) is 27.8 Å². The molecule has 2 amide bonds. The summed E-state index contributed by atoms with van der Waals surface area (Å²) in [6, 6.07) is 18.5. The van der Waals surface area contributed by atoms with Gasteiger partial charge in [-0.3, -0.25) is 14.9 Å². The number of aromatic amines is 1. The maximum atomic E-state index is 14.6. The van der Waals surface area contributed by atoms with Crippen LogP contribution in [-0.2, 0) is 16.0 Å². The first kappa shape index (κ1) is 26.6. The SMILES string of the molecule is Cc1cc2cc(C)c1CCOC(=O)Nc1cccc(c1)[C@H]1CCCCN1C(=O)[C@@H]2Nc1ccc2cc[nH]c(=O)c2c1. The number of H-pyrrole nitrogens is 1. The summed E-state index contributed by atoms with van der Waals surface area (Å²) in [5.74, 6) is -0.0202. The number of ether oxygens (including phenoxy) is 1. The van der Waals surface area contributed by atoms with Crippen molar-refractivity contribution in [3.63, 3.8) is 0 Å². The molecule has 0 unspecified atom stereocenters. The van der Waals surface area contributed by atoms with Crippen LogP contribution in [0.15, 0.2) is 71.7 Å². The fourth-order valence-electron chi connectivity index (χ4n) is 6.25. The van der Waals surface area contributed by atoms with Gasteiger partial charge in [0.05, 0.1) is 12.6 Å². The fraction of sp³-hybridized carbons (Fsp3) is 0.303. The first-order valence-electron chi connectivity index (χ1n) is 14.2. The van der Waals surface area contributed by atoms with Crippen LogP contribution in [0.2, 0.25) is 0 Å². The standard InChI is InChI=1S/C33H34N4O4/c1-20-16-24-17-21(2)27(20)12-15-41-33(40)36-25-7-5-6-23(18-25)29-8-3-4-14-37(29)32(39)30(24)35-26-10-9-22-11-13-34-31(38)28(22)19-26/h5-7,9-11,13,16-19,29-30,35H,3-4,8,12,14-15H2,1-2H3,(H,34,38)(H,36,40)/t29-,30-/m1/s1. The zero-order valence-electron chi connectivity index (χ0n) is 23.3. The van der Waals surface area contributed by atoms with E-state index in [-0.39, 0.29) is 24.1 Å². The third-order valence-corrected chi connectivity index (χ3v) is 8.27. The van der Waals surface area contributed by atoms with Crippen molar-refractivity contribution in [3.8, 4) is 0 Å². The van der Waals surface area contributed by atoms with Crippen LogP contribution < -0.4 is 16.2 Å². The molecule has 2 atom stereocenters. The highest BCUT2D eigenvalue weighted by Gasteiger charge is 2.34. The lowest BCUT2D eigenvalue weighted by molar-refractivity contribution is -0.136. The minimum absolute atomic E-state index is 0.0202. The lowest BCUT2D eigenvalue weighted by Crippen LogP contribution is -2.43. The van der Waals surface area contributed by atoms with Crippen LogP contribution >= 0.6 is 0 Å². The highest BCUT2D eigenvalue weighted by Crippen LogP contribution is 2.36. The van der Waals surface area contributed by atoms with Crippen LogP contribution in [0.4, 0.5) is 16.2 Å².